The lowest BCUT2D eigenvalue weighted by molar-refractivity contribution is -0.546. The van der Waals surface area contributed by atoms with Gasteiger partial charge in [-0.3, -0.25) is 0 Å². The highest BCUT2D eigenvalue weighted by atomic mass is 35.5. The maximum absolute atomic E-state index is 6.41. The highest BCUT2D eigenvalue weighted by Crippen LogP contribution is 2.56. The van der Waals surface area contributed by atoms with Gasteiger partial charge in [-0.15, -0.1) is 0 Å². The number of nitrogens with zero attached hydrogens (tertiary/aromatic N) is 2. The first-order valence-corrected chi connectivity index (χ1v) is 8.37. The van der Waals surface area contributed by atoms with Crippen molar-refractivity contribution in [3.8, 4) is 0 Å². The first kappa shape index (κ1) is 14.0. The number of fused-ring (bicyclic) bond motifs is 5. The topological polar surface area (TPSA) is 15.4 Å². The minimum Gasteiger partial charge on any atom is -0.0842 e. The van der Waals surface area contributed by atoms with E-state index in [-0.39, 0.29) is 5.54 Å². The summed E-state index contributed by atoms with van der Waals surface area (Å²) in [4.78, 5) is 0. The molecule has 21 heavy (non-hydrogen) atoms. The van der Waals surface area contributed by atoms with Crippen molar-refractivity contribution >= 4 is 40.5 Å². The minimum atomic E-state index is -0.0961. The van der Waals surface area contributed by atoms with Gasteiger partial charge in [-0.05, 0) is 43.4 Å². The van der Waals surface area contributed by atoms with Crippen LogP contribution in [0.25, 0.3) is 0 Å². The molecule has 0 N–H and O–H groups in total. The average molecular weight is 343 g/mol. The predicted octanol–water partition coefficient (Wildman–Crippen LogP) is 5.73. The Kier molecular flexibility index (Phi) is 2.99. The summed E-state index contributed by atoms with van der Waals surface area (Å²) in [5.41, 5.74) is 0.700. The molecule has 4 rings (SSSR count). The van der Waals surface area contributed by atoms with Gasteiger partial charge in [0.2, 0.25) is 0 Å². The molecule has 5 heteroatoms. The Balaban J connectivity index is 1.88. The highest BCUT2D eigenvalue weighted by molar-refractivity contribution is 6.41. The standard InChI is InChI=1S/C16H16Cl3N2/c1-16(2)13-8-3-4-9(5-8)14(13)21(20-16)15-11(18)6-10(17)7-12(15)19/h3-4,6-9,13-14H,5H2,1-2H3/q+1/t8-,9+,13+,14-/m0/s1. The van der Waals surface area contributed by atoms with Crippen molar-refractivity contribution in [2.45, 2.75) is 31.8 Å². The van der Waals surface area contributed by atoms with Gasteiger partial charge in [-0.2, -0.15) is 0 Å². The van der Waals surface area contributed by atoms with Gasteiger partial charge >= 0.3 is 0 Å². The Hall–Kier alpha value is -0.570. The van der Waals surface area contributed by atoms with Crippen molar-refractivity contribution in [3.05, 3.63) is 39.4 Å². The van der Waals surface area contributed by atoms with Crippen LogP contribution in [0.3, 0.4) is 0 Å². The second-order valence-corrected chi connectivity index (χ2v) is 8.03. The van der Waals surface area contributed by atoms with Crippen LogP contribution in [0.2, 0.25) is 15.1 Å². The largest absolute Gasteiger partial charge is 0.268 e. The molecule has 0 aromatic heterocycles. The van der Waals surface area contributed by atoms with Crippen LogP contribution in [0.4, 0.5) is 5.69 Å². The van der Waals surface area contributed by atoms with Gasteiger partial charge in [-0.25, -0.2) is 0 Å². The molecule has 1 saturated carbocycles. The van der Waals surface area contributed by atoms with E-state index in [2.05, 4.69) is 30.7 Å². The molecule has 1 heterocycles. The number of allylic oxidation sites excluding steroid dienone is 1. The van der Waals surface area contributed by atoms with E-state index < -0.39 is 0 Å². The van der Waals surface area contributed by atoms with E-state index in [1.807, 2.05) is 0 Å². The second-order valence-electron chi connectivity index (χ2n) is 6.78. The minimum absolute atomic E-state index is 0.0961. The lowest BCUT2D eigenvalue weighted by Gasteiger charge is -2.24. The number of rotatable bonds is 1. The molecule has 110 valence electrons. The van der Waals surface area contributed by atoms with Gasteiger partial charge in [0.1, 0.15) is 15.6 Å². The molecule has 0 radical (unpaired) electrons. The van der Waals surface area contributed by atoms with Crippen molar-refractivity contribution in [3.63, 3.8) is 0 Å². The zero-order chi connectivity index (χ0) is 14.9. The molecule has 0 saturated heterocycles. The third-order valence-corrected chi connectivity index (χ3v) is 5.89. The molecule has 1 fully saturated rings. The third-order valence-electron chi connectivity index (χ3n) is 5.09. The molecule has 3 aliphatic rings. The molecule has 4 atom stereocenters. The van der Waals surface area contributed by atoms with E-state index in [1.54, 1.807) is 12.1 Å². The van der Waals surface area contributed by atoms with Crippen LogP contribution in [-0.4, -0.2) is 16.3 Å². The molecule has 0 spiro atoms. The summed E-state index contributed by atoms with van der Waals surface area (Å²) in [5.74, 6) is 1.68. The Bertz CT molecular complexity index is 670. The summed E-state index contributed by atoms with van der Waals surface area (Å²) in [6, 6.07) is 3.83. The van der Waals surface area contributed by atoms with E-state index >= 15 is 0 Å². The van der Waals surface area contributed by atoms with Crippen molar-refractivity contribution in [2.24, 2.45) is 22.9 Å². The Morgan fingerprint density at radius 1 is 1.10 bits per heavy atom. The van der Waals surface area contributed by atoms with Crippen LogP contribution in [-0.2, 0) is 0 Å². The van der Waals surface area contributed by atoms with Gasteiger partial charge in [0.15, 0.2) is 6.04 Å². The smallest absolute Gasteiger partial charge is 0.0842 e. The SMILES string of the molecule is CC1(C)N=[N+](c2c(Cl)cc(Cl)cc2Cl)[C@@H]2[C@H]1[C@H]1C=C[C@@H]2C1. The van der Waals surface area contributed by atoms with Gasteiger partial charge in [0.05, 0.1) is 5.92 Å². The third kappa shape index (κ3) is 1.92. The Labute approximate surface area is 139 Å². The van der Waals surface area contributed by atoms with Gasteiger partial charge < -0.3 is 0 Å². The summed E-state index contributed by atoms with van der Waals surface area (Å²) in [7, 11) is 0. The van der Waals surface area contributed by atoms with E-state index in [1.165, 1.54) is 6.42 Å². The maximum atomic E-state index is 6.41. The van der Waals surface area contributed by atoms with Gasteiger partial charge in [0.25, 0.3) is 5.69 Å². The summed E-state index contributed by atoms with van der Waals surface area (Å²) in [6.07, 6.45) is 5.90. The lowest BCUT2D eigenvalue weighted by atomic mass is 9.77. The predicted molar refractivity (Wildman–Crippen MR) is 85.9 cm³/mol. The van der Waals surface area contributed by atoms with E-state index in [0.29, 0.717) is 38.9 Å². The van der Waals surface area contributed by atoms with Crippen LogP contribution in [0.15, 0.2) is 29.4 Å². The molecular weight excluding hydrogens is 327 g/mol. The molecule has 2 nitrogen and oxygen atoms in total. The summed E-state index contributed by atoms with van der Waals surface area (Å²) < 4.78 is 2.07. The summed E-state index contributed by atoms with van der Waals surface area (Å²) in [6.45, 7) is 4.41. The molecule has 0 unspecified atom stereocenters. The molecule has 1 aromatic carbocycles. The van der Waals surface area contributed by atoms with E-state index in [4.69, 9.17) is 39.9 Å². The fraction of sp³-hybridized carbons (Fsp3) is 0.500. The Morgan fingerprint density at radius 3 is 2.38 bits per heavy atom. The molecule has 1 aromatic rings. The van der Waals surface area contributed by atoms with Crippen LogP contribution in [0, 0.1) is 17.8 Å². The molecule has 2 aliphatic carbocycles. The lowest BCUT2D eigenvalue weighted by Crippen LogP contribution is -2.37. The zero-order valence-electron chi connectivity index (χ0n) is 11.9. The van der Waals surface area contributed by atoms with E-state index in [9.17, 15) is 0 Å². The number of benzene rings is 1. The van der Waals surface area contributed by atoms with Crippen molar-refractivity contribution in [1.29, 1.82) is 0 Å². The van der Waals surface area contributed by atoms with Crippen molar-refractivity contribution in [2.75, 3.05) is 0 Å². The zero-order valence-corrected chi connectivity index (χ0v) is 14.1. The quantitative estimate of drug-likeness (QED) is 0.458. The second kappa shape index (κ2) is 4.47. The van der Waals surface area contributed by atoms with Crippen LogP contribution in [0.1, 0.15) is 20.3 Å². The first-order valence-electron chi connectivity index (χ1n) is 7.23. The van der Waals surface area contributed by atoms with E-state index in [0.717, 1.165) is 5.69 Å². The number of azo groups is 2. The summed E-state index contributed by atoms with van der Waals surface area (Å²) >= 11 is 18.9. The summed E-state index contributed by atoms with van der Waals surface area (Å²) in [5, 5.41) is 6.64. The normalized spacial score (nSPS) is 35.2. The van der Waals surface area contributed by atoms with Crippen LogP contribution < -0.4 is 0 Å². The fourth-order valence-corrected chi connectivity index (χ4v) is 5.42. The van der Waals surface area contributed by atoms with Crippen LogP contribution in [0.5, 0.6) is 0 Å². The molecule has 0 amide bonds. The van der Waals surface area contributed by atoms with Crippen LogP contribution >= 0.6 is 34.8 Å². The molecule has 1 aliphatic heterocycles. The monoisotopic (exact) mass is 341 g/mol. The van der Waals surface area contributed by atoms with Crippen molar-refractivity contribution < 1.29 is 4.70 Å². The average Bonchev–Trinajstić information content (AvgIpc) is 3.01. The fourth-order valence-electron chi connectivity index (χ4n) is 4.43. The first-order chi connectivity index (χ1) is 9.88. The highest BCUT2D eigenvalue weighted by Gasteiger charge is 2.63. The Morgan fingerprint density at radius 2 is 1.71 bits per heavy atom. The van der Waals surface area contributed by atoms with Gasteiger partial charge in [-0.1, -0.05) is 51.7 Å². The number of halogens is 3. The van der Waals surface area contributed by atoms with Gasteiger partial charge in [0, 0.05) is 10.9 Å². The number of hydrogen-bond donors (Lipinski definition) is 0. The molecular formula is C16H16Cl3N2+. The van der Waals surface area contributed by atoms with Crippen molar-refractivity contribution in [1.82, 2.24) is 0 Å². The molecule has 2 bridgehead atoms. The number of hydrogen-bond acceptors (Lipinski definition) is 1. The maximum Gasteiger partial charge on any atom is 0.268 e.